The van der Waals surface area contributed by atoms with Crippen LogP contribution in [-0.2, 0) is 14.8 Å². The van der Waals surface area contributed by atoms with Crippen LogP contribution >= 0.6 is 0 Å². The third kappa shape index (κ3) is 7.42. The van der Waals surface area contributed by atoms with E-state index in [9.17, 15) is 22.4 Å². The average molecular weight is 442 g/mol. The van der Waals surface area contributed by atoms with Gasteiger partial charge in [0.05, 0.1) is 4.90 Å². The molecule has 166 valence electrons. The van der Waals surface area contributed by atoms with Crippen molar-refractivity contribution in [2.24, 2.45) is 0 Å². The van der Waals surface area contributed by atoms with Crippen molar-refractivity contribution < 1.29 is 27.1 Å². The summed E-state index contributed by atoms with van der Waals surface area (Å²) >= 11 is 0. The van der Waals surface area contributed by atoms with E-state index in [4.69, 9.17) is 4.74 Å². The SMILES string of the molecule is CC(F)COc1cccc(S(=O)(=O)NC(C)(C)CCC/C=C/N2CC(=O)NC2=O)c1. The zero-order valence-electron chi connectivity index (χ0n) is 17.4. The van der Waals surface area contributed by atoms with Crippen molar-refractivity contribution in [1.29, 1.82) is 0 Å². The van der Waals surface area contributed by atoms with Gasteiger partial charge in [0.25, 0.3) is 0 Å². The number of hydrogen-bond acceptors (Lipinski definition) is 5. The molecule has 1 unspecified atom stereocenters. The van der Waals surface area contributed by atoms with E-state index in [1.807, 2.05) is 0 Å². The molecule has 1 aromatic rings. The first-order valence-electron chi connectivity index (χ1n) is 9.66. The second-order valence-electron chi connectivity index (χ2n) is 7.81. The molecular formula is C20H28FN3O5S. The lowest BCUT2D eigenvalue weighted by atomic mass is 9.99. The number of hydrogen-bond donors (Lipinski definition) is 2. The van der Waals surface area contributed by atoms with Crippen LogP contribution < -0.4 is 14.8 Å². The Hall–Kier alpha value is -2.46. The lowest BCUT2D eigenvalue weighted by molar-refractivity contribution is -0.118. The van der Waals surface area contributed by atoms with Crippen LogP contribution in [0, 0.1) is 0 Å². The van der Waals surface area contributed by atoms with Gasteiger partial charge in [-0.05, 0) is 52.2 Å². The minimum absolute atomic E-state index is 0.00758. The number of urea groups is 1. The van der Waals surface area contributed by atoms with Crippen molar-refractivity contribution in [2.75, 3.05) is 13.2 Å². The van der Waals surface area contributed by atoms with Crippen LogP contribution in [0.25, 0.3) is 0 Å². The van der Waals surface area contributed by atoms with E-state index in [1.165, 1.54) is 24.0 Å². The molecule has 3 amide bonds. The highest BCUT2D eigenvalue weighted by Crippen LogP contribution is 2.22. The van der Waals surface area contributed by atoms with Crippen molar-refractivity contribution in [1.82, 2.24) is 14.9 Å². The topological polar surface area (TPSA) is 105 Å². The largest absolute Gasteiger partial charge is 0.491 e. The number of allylic oxidation sites excluding steroid dienone is 1. The van der Waals surface area contributed by atoms with Crippen molar-refractivity contribution in [3.63, 3.8) is 0 Å². The molecule has 1 heterocycles. The first-order chi connectivity index (χ1) is 14.0. The van der Waals surface area contributed by atoms with Crippen LogP contribution in [0.1, 0.15) is 40.0 Å². The summed E-state index contributed by atoms with van der Waals surface area (Å²) in [5, 5.41) is 2.18. The molecule has 0 aromatic heterocycles. The summed E-state index contributed by atoms with van der Waals surface area (Å²) in [6.07, 6.45) is 4.02. The first kappa shape index (κ1) is 23.8. The second-order valence-corrected chi connectivity index (χ2v) is 9.50. The Kier molecular flexibility index (Phi) is 7.96. The van der Waals surface area contributed by atoms with Crippen molar-refractivity contribution in [3.05, 3.63) is 36.5 Å². The van der Waals surface area contributed by atoms with Gasteiger partial charge >= 0.3 is 6.03 Å². The number of benzene rings is 1. The molecule has 1 aromatic carbocycles. The fraction of sp³-hybridized carbons (Fsp3) is 0.500. The van der Waals surface area contributed by atoms with Gasteiger partial charge in [-0.15, -0.1) is 0 Å². The number of carbonyl (C=O) groups is 2. The van der Waals surface area contributed by atoms with Gasteiger partial charge in [0.2, 0.25) is 15.9 Å². The molecule has 2 N–H and O–H groups in total. The second kappa shape index (κ2) is 10.0. The third-order valence-corrected chi connectivity index (χ3v) is 5.98. The molecule has 1 aliphatic heterocycles. The molecule has 8 nitrogen and oxygen atoms in total. The third-order valence-electron chi connectivity index (χ3n) is 4.29. The maximum absolute atomic E-state index is 12.9. The monoisotopic (exact) mass is 441 g/mol. The number of ether oxygens (including phenoxy) is 1. The smallest absolute Gasteiger partial charge is 0.328 e. The molecule has 0 spiro atoms. The summed E-state index contributed by atoms with van der Waals surface area (Å²) in [6.45, 7) is 4.79. The number of halogens is 1. The Morgan fingerprint density at radius 2 is 2.10 bits per heavy atom. The maximum atomic E-state index is 12.9. The van der Waals surface area contributed by atoms with Crippen LogP contribution in [0.5, 0.6) is 5.75 Å². The molecule has 10 heteroatoms. The summed E-state index contributed by atoms with van der Waals surface area (Å²) < 4.78 is 46.3. The summed E-state index contributed by atoms with van der Waals surface area (Å²) in [6, 6.07) is 5.49. The number of nitrogens with one attached hydrogen (secondary N) is 2. The zero-order chi connectivity index (χ0) is 22.4. The van der Waals surface area contributed by atoms with Gasteiger partial charge in [-0.1, -0.05) is 12.1 Å². The van der Waals surface area contributed by atoms with E-state index in [-0.39, 0.29) is 29.7 Å². The van der Waals surface area contributed by atoms with Gasteiger partial charge in [-0.2, -0.15) is 0 Å². The molecule has 1 saturated heterocycles. The van der Waals surface area contributed by atoms with Crippen molar-refractivity contribution in [3.8, 4) is 5.75 Å². The highest BCUT2D eigenvalue weighted by Gasteiger charge is 2.26. The number of carbonyl (C=O) groups excluding carboxylic acids is 2. The number of amides is 3. The number of alkyl halides is 1. The molecule has 0 bridgehead atoms. The standard InChI is InChI=1S/C20H28FN3O5S/c1-15(21)14-29-16-8-7-9-17(12-16)30(27,28)23-20(2,3)10-5-4-6-11-24-13-18(25)22-19(24)26/h6-9,11-12,15,23H,4-5,10,13-14H2,1-3H3,(H,22,25,26)/b11-6+. The number of rotatable bonds is 11. The van der Waals surface area contributed by atoms with Crippen LogP contribution in [0.15, 0.2) is 41.4 Å². The summed E-state index contributed by atoms with van der Waals surface area (Å²) in [4.78, 5) is 23.9. The minimum atomic E-state index is -3.79. The van der Waals surface area contributed by atoms with Gasteiger partial charge in [0.1, 0.15) is 25.1 Å². The van der Waals surface area contributed by atoms with Crippen LogP contribution in [0.3, 0.4) is 0 Å². The van der Waals surface area contributed by atoms with Gasteiger partial charge in [-0.3, -0.25) is 15.0 Å². The Labute approximate surface area is 176 Å². The Balaban J connectivity index is 1.88. The fourth-order valence-electron chi connectivity index (χ4n) is 2.86. The van der Waals surface area contributed by atoms with Crippen molar-refractivity contribution >= 4 is 22.0 Å². The highest BCUT2D eigenvalue weighted by atomic mass is 32.2. The lowest BCUT2D eigenvalue weighted by Crippen LogP contribution is -2.43. The highest BCUT2D eigenvalue weighted by molar-refractivity contribution is 7.89. The van der Waals surface area contributed by atoms with Crippen LogP contribution in [0.2, 0.25) is 0 Å². The van der Waals surface area contributed by atoms with E-state index < -0.39 is 27.8 Å². The van der Waals surface area contributed by atoms with Gasteiger partial charge in [-0.25, -0.2) is 22.3 Å². The van der Waals surface area contributed by atoms with Crippen LogP contribution in [-0.4, -0.2) is 50.1 Å². The molecule has 0 aliphatic carbocycles. The van der Waals surface area contributed by atoms with Gasteiger partial charge in [0, 0.05) is 17.8 Å². The number of sulfonamides is 1. The van der Waals surface area contributed by atoms with E-state index in [0.29, 0.717) is 19.3 Å². The number of imide groups is 1. The summed E-state index contributed by atoms with van der Waals surface area (Å²) in [5.41, 5.74) is -0.710. The number of nitrogens with zero attached hydrogens (tertiary/aromatic N) is 1. The van der Waals surface area contributed by atoms with E-state index in [1.54, 1.807) is 38.3 Å². The quantitative estimate of drug-likeness (QED) is 0.406. The molecule has 2 rings (SSSR count). The van der Waals surface area contributed by atoms with E-state index in [2.05, 4.69) is 10.0 Å². The molecule has 30 heavy (non-hydrogen) atoms. The maximum Gasteiger partial charge on any atom is 0.328 e. The Morgan fingerprint density at radius 1 is 1.37 bits per heavy atom. The lowest BCUT2D eigenvalue weighted by Gasteiger charge is -2.26. The molecule has 1 aliphatic rings. The predicted octanol–water partition coefficient (Wildman–Crippen LogP) is 2.72. The van der Waals surface area contributed by atoms with Gasteiger partial charge < -0.3 is 4.74 Å². The molecule has 0 saturated carbocycles. The first-order valence-corrected chi connectivity index (χ1v) is 11.1. The Bertz CT molecular complexity index is 899. The predicted molar refractivity (Wildman–Crippen MR) is 110 cm³/mol. The molecule has 0 radical (unpaired) electrons. The Morgan fingerprint density at radius 3 is 2.73 bits per heavy atom. The summed E-state index contributed by atoms with van der Waals surface area (Å²) in [7, 11) is -3.79. The molecule has 1 fully saturated rings. The zero-order valence-corrected chi connectivity index (χ0v) is 18.2. The van der Waals surface area contributed by atoms with E-state index in [0.717, 1.165) is 0 Å². The van der Waals surface area contributed by atoms with Gasteiger partial charge in [0.15, 0.2) is 0 Å². The number of unbranched alkanes of at least 4 members (excludes halogenated alkanes) is 1. The average Bonchev–Trinajstić information content (AvgIpc) is 2.96. The van der Waals surface area contributed by atoms with Crippen molar-refractivity contribution in [2.45, 2.75) is 56.6 Å². The molecular weight excluding hydrogens is 413 g/mol. The normalized spacial score (nSPS) is 16.2. The minimum Gasteiger partial charge on any atom is -0.491 e. The van der Waals surface area contributed by atoms with Crippen LogP contribution in [0.4, 0.5) is 9.18 Å². The summed E-state index contributed by atoms with van der Waals surface area (Å²) in [5.74, 6) is -0.0522. The van der Waals surface area contributed by atoms with E-state index >= 15 is 0 Å². The molecule has 1 atom stereocenters. The fourth-order valence-corrected chi connectivity index (χ4v) is 4.33.